The van der Waals surface area contributed by atoms with Gasteiger partial charge in [0.1, 0.15) is 5.82 Å². The molecule has 2 aromatic rings. The highest BCUT2D eigenvalue weighted by Gasteiger charge is 2.09. The van der Waals surface area contributed by atoms with Crippen LogP contribution in [0.25, 0.3) is 0 Å². The van der Waals surface area contributed by atoms with Crippen LogP contribution in [-0.2, 0) is 20.0 Å². The van der Waals surface area contributed by atoms with Gasteiger partial charge in [0.15, 0.2) is 0 Å². The van der Waals surface area contributed by atoms with Crippen molar-refractivity contribution < 1.29 is 9.18 Å². The number of hydrogen-bond acceptors (Lipinski definition) is 3. The van der Waals surface area contributed by atoms with Crippen molar-refractivity contribution in [2.75, 3.05) is 5.32 Å². The molecule has 5 nitrogen and oxygen atoms in total. The highest BCUT2D eigenvalue weighted by atomic mass is 19.1. The molecular formula is C14H17FN4O. The summed E-state index contributed by atoms with van der Waals surface area (Å²) < 4.78 is 15.5. The molecule has 0 saturated carbocycles. The molecule has 1 heterocycles. The molecule has 0 aliphatic rings. The Morgan fingerprint density at radius 3 is 2.85 bits per heavy atom. The van der Waals surface area contributed by atoms with Gasteiger partial charge in [-0.05, 0) is 18.6 Å². The van der Waals surface area contributed by atoms with E-state index in [4.69, 9.17) is 5.73 Å². The first-order valence-electron chi connectivity index (χ1n) is 6.36. The minimum Gasteiger partial charge on any atom is -0.378 e. The zero-order valence-corrected chi connectivity index (χ0v) is 11.5. The second-order valence-electron chi connectivity index (χ2n) is 4.54. The fourth-order valence-corrected chi connectivity index (χ4v) is 1.98. The number of amides is 1. The fourth-order valence-electron chi connectivity index (χ4n) is 1.98. The normalized spacial score (nSPS) is 10.6. The van der Waals surface area contributed by atoms with E-state index in [0.29, 0.717) is 12.1 Å². The van der Waals surface area contributed by atoms with Gasteiger partial charge in [-0.1, -0.05) is 13.0 Å². The van der Waals surface area contributed by atoms with Crippen LogP contribution in [0.3, 0.4) is 0 Å². The van der Waals surface area contributed by atoms with Crippen LogP contribution in [0.5, 0.6) is 0 Å². The number of aryl methyl sites for hydroxylation is 2. The van der Waals surface area contributed by atoms with Crippen molar-refractivity contribution in [3.8, 4) is 0 Å². The third-order valence-corrected chi connectivity index (χ3v) is 3.05. The predicted octanol–water partition coefficient (Wildman–Crippen LogP) is 1.83. The van der Waals surface area contributed by atoms with Crippen LogP contribution >= 0.6 is 0 Å². The van der Waals surface area contributed by atoms with Crippen molar-refractivity contribution >= 4 is 11.6 Å². The second-order valence-corrected chi connectivity index (χ2v) is 4.54. The van der Waals surface area contributed by atoms with Crippen molar-refractivity contribution in [3.05, 3.63) is 47.0 Å². The third-order valence-electron chi connectivity index (χ3n) is 3.05. The summed E-state index contributed by atoms with van der Waals surface area (Å²) >= 11 is 0. The van der Waals surface area contributed by atoms with E-state index in [-0.39, 0.29) is 5.56 Å². The van der Waals surface area contributed by atoms with Crippen LogP contribution in [0.4, 0.5) is 10.1 Å². The summed E-state index contributed by atoms with van der Waals surface area (Å²) in [5, 5.41) is 7.45. The van der Waals surface area contributed by atoms with Crippen LogP contribution in [0.2, 0.25) is 0 Å². The molecular weight excluding hydrogens is 259 g/mol. The number of benzene rings is 1. The number of carbonyl (C=O) groups is 1. The molecule has 106 valence electrons. The van der Waals surface area contributed by atoms with Gasteiger partial charge < -0.3 is 11.1 Å². The summed E-state index contributed by atoms with van der Waals surface area (Å²) in [5.41, 5.74) is 7.56. The highest BCUT2D eigenvalue weighted by Crippen LogP contribution is 2.17. The van der Waals surface area contributed by atoms with E-state index < -0.39 is 11.7 Å². The van der Waals surface area contributed by atoms with Crippen LogP contribution in [0, 0.1) is 5.82 Å². The number of aromatic nitrogens is 2. The van der Waals surface area contributed by atoms with Gasteiger partial charge >= 0.3 is 0 Å². The second kappa shape index (κ2) is 5.73. The number of hydrogen-bond donors (Lipinski definition) is 2. The summed E-state index contributed by atoms with van der Waals surface area (Å²) in [7, 11) is 1.84. The summed E-state index contributed by atoms with van der Waals surface area (Å²) in [6, 6.07) is 4.24. The lowest BCUT2D eigenvalue weighted by Crippen LogP contribution is -2.12. The van der Waals surface area contributed by atoms with E-state index in [9.17, 15) is 9.18 Å². The molecule has 0 unspecified atom stereocenters. The first-order chi connectivity index (χ1) is 9.51. The third kappa shape index (κ3) is 2.96. The minimum atomic E-state index is -0.635. The fraction of sp³-hybridized carbons (Fsp3) is 0.286. The molecule has 6 heteroatoms. The average Bonchev–Trinajstić information content (AvgIpc) is 2.77. The minimum absolute atomic E-state index is 0.168. The predicted molar refractivity (Wildman–Crippen MR) is 74.8 cm³/mol. The smallest absolute Gasteiger partial charge is 0.248 e. The van der Waals surface area contributed by atoms with Crippen molar-refractivity contribution in [2.24, 2.45) is 12.8 Å². The number of carbonyl (C=O) groups excluding carboxylic acids is 1. The first kappa shape index (κ1) is 14.0. The summed E-state index contributed by atoms with van der Waals surface area (Å²) in [6.45, 7) is 2.33. The Hall–Kier alpha value is -2.37. The zero-order valence-electron chi connectivity index (χ0n) is 11.5. The first-order valence-corrected chi connectivity index (χ1v) is 6.36. The number of halogens is 1. The Bertz CT molecular complexity index is 636. The maximum Gasteiger partial charge on any atom is 0.248 e. The molecule has 3 N–H and O–H groups in total. The quantitative estimate of drug-likeness (QED) is 0.875. The molecule has 0 spiro atoms. The topological polar surface area (TPSA) is 72.9 Å². The molecule has 1 aromatic carbocycles. The van der Waals surface area contributed by atoms with E-state index in [2.05, 4.69) is 10.4 Å². The molecule has 1 aromatic heterocycles. The Morgan fingerprint density at radius 1 is 1.50 bits per heavy atom. The summed E-state index contributed by atoms with van der Waals surface area (Å²) in [5.74, 6) is -1.08. The van der Waals surface area contributed by atoms with Gasteiger partial charge in [-0.15, -0.1) is 0 Å². The molecule has 20 heavy (non-hydrogen) atoms. The number of anilines is 1. The van der Waals surface area contributed by atoms with Gasteiger partial charge in [-0.2, -0.15) is 5.10 Å². The molecule has 0 atom stereocenters. The highest BCUT2D eigenvalue weighted by molar-refractivity contribution is 5.92. The van der Waals surface area contributed by atoms with Crippen molar-refractivity contribution in [3.63, 3.8) is 0 Å². The number of nitrogens with two attached hydrogens (primary N) is 1. The number of rotatable bonds is 5. The molecule has 0 aliphatic carbocycles. The largest absolute Gasteiger partial charge is 0.378 e. The number of nitrogens with one attached hydrogen (secondary N) is 1. The average molecular weight is 276 g/mol. The van der Waals surface area contributed by atoms with E-state index in [1.165, 1.54) is 6.07 Å². The van der Waals surface area contributed by atoms with Gasteiger partial charge in [-0.3, -0.25) is 9.48 Å². The molecule has 0 fully saturated rings. The SMILES string of the molecule is CCc1nn(C)cc1NCc1ccc(C(N)=O)cc1F. The van der Waals surface area contributed by atoms with E-state index in [0.717, 1.165) is 23.9 Å². The van der Waals surface area contributed by atoms with Crippen LogP contribution in [0.15, 0.2) is 24.4 Å². The molecule has 0 bridgehead atoms. The van der Waals surface area contributed by atoms with E-state index >= 15 is 0 Å². The Morgan fingerprint density at radius 2 is 2.25 bits per heavy atom. The number of nitrogens with zero attached hydrogens (tertiary/aromatic N) is 2. The number of primary amides is 1. The standard InChI is InChI=1S/C14H17FN4O/c1-3-12-13(8-19(2)18-12)17-7-10-5-4-9(14(16)20)6-11(10)15/h4-6,8,17H,3,7H2,1-2H3,(H2,16,20). The van der Waals surface area contributed by atoms with E-state index in [1.54, 1.807) is 10.7 Å². The lowest BCUT2D eigenvalue weighted by atomic mass is 10.1. The maximum absolute atomic E-state index is 13.8. The lowest BCUT2D eigenvalue weighted by Gasteiger charge is -2.07. The summed E-state index contributed by atoms with van der Waals surface area (Å²) in [6.07, 6.45) is 2.65. The molecule has 0 saturated heterocycles. The van der Waals surface area contributed by atoms with E-state index in [1.807, 2.05) is 20.2 Å². The van der Waals surface area contributed by atoms with Crippen molar-refractivity contribution in [1.29, 1.82) is 0 Å². The van der Waals surface area contributed by atoms with Gasteiger partial charge in [-0.25, -0.2) is 4.39 Å². The Kier molecular flexibility index (Phi) is 4.02. The van der Waals surface area contributed by atoms with Gasteiger partial charge in [0.25, 0.3) is 0 Å². The monoisotopic (exact) mass is 276 g/mol. The molecule has 0 aliphatic heterocycles. The lowest BCUT2D eigenvalue weighted by molar-refractivity contribution is 0.1000. The van der Waals surface area contributed by atoms with Crippen molar-refractivity contribution in [2.45, 2.75) is 19.9 Å². The zero-order chi connectivity index (χ0) is 14.7. The van der Waals surface area contributed by atoms with Crippen LogP contribution in [0.1, 0.15) is 28.5 Å². The van der Waals surface area contributed by atoms with Gasteiger partial charge in [0, 0.05) is 30.9 Å². The molecule has 2 rings (SSSR count). The molecule has 0 radical (unpaired) electrons. The Balaban J connectivity index is 2.12. The summed E-state index contributed by atoms with van der Waals surface area (Å²) in [4.78, 5) is 11.0. The van der Waals surface area contributed by atoms with Gasteiger partial charge in [0.05, 0.1) is 11.4 Å². The maximum atomic E-state index is 13.8. The van der Waals surface area contributed by atoms with Crippen LogP contribution < -0.4 is 11.1 Å². The molecule has 1 amide bonds. The van der Waals surface area contributed by atoms with Crippen molar-refractivity contribution in [1.82, 2.24) is 9.78 Å². The van der Waals surface area contributed by atoms with Gasteiger partial charge in [0.2, 0.25) is 5.91 Å². The Labute approximate surface area is 116 Å². The van der Waals surface area contributed by atoms with Crippen LogP contribution in [-0.4, -0.2) is 15.7 Å².